The van der Waals surface area contributed by atoms with Crippen molar-refractivity contribution in [2.75, 3.05) is 20.7 Å². The van der Waals surface area contributed by atoms with E-state index >= 15 is 0 Å². The normalized spacial score (nSPS) is 20.6. The van der Waals surface area contributed by atoms with Crippen LogP contribution in [0.15, 0.2) is 30.3 Å². The molecule has 0 bridgehead atoms. The quantitative estimate of drug-likeness (QED) is 0.837. The van der Waals surface area contributed by atoms with Crippen LogP contribution in [0.3, 0.4) is 0 Å². The van der Waals surface area contributed by atoms with Crippen molar-refractivity contribution in [2.45, 2.75) is 24.9 Å². The molecule has 1 heterocycles. The van der Waals surface area contributed by atoms with E-state index in [4.69, 9.17) is 4.74 Å². The number of carbonyl (C=O) groups excluding carboxylic acids is 2. The molecular formula is C15H20N2O3. The van der Waals surface area contributed by atoms with Crippen molar-refractivity contribution in [1.82, 2.24) is 10.2 Å². The summed E-state index contributed by atoms with van der Waals surface area (Å²) in [6.45, 7) is 0.575. The zero-order valence-electron chi connectivity index (χ0n) is 11.8. The maximum atomic E-state index is 12.4. The summed E-state index contributed by atoms with van der Waals surface area (Å²) >= 11 is 0. The third kappa shape index (κ3) is 2.82. The molecule has 1 aliphatic rings. The van der Waals surface area contributed by atoms with Crippen LogP contribution >= 0.6 is 0 Å². The van der Waals surface area contributed by atoms with Crippen LogP contribution in [0.5, 0.6) is 0 Å². The van der Waals surface area contributed by atoms with E-state index < -0.39 is 12.0 Å². The van der Waals surface area contributed by atoms with Gasteiger partial charge in [-0.05, 0) is 25.5 Å². The second-order valence-electron chi connectivity index (χ2n) is 4.85. The Hall–Kier alpha value is -1.88. The molecule has 20 heavy (non-hydrogen) atoms. The third-order valence-electron chi connectivity index (χ3n) is 3.67. The summed E-state index contributed by atoms with van der Waals surface area (Å²) in [5, 5.41) is 3.00. The highest BCUT2D eigenvalue weighted by molar-refractivity contribution is 5.88. The Morgan fingerprint density at radius 2 is 2.10 bits per heavy atom. The number of rotatable bonds is 4. The first kappa shape index (κ1) is 14.5. The molecule has 0 aromatic heterocycles. The average Bonchev–Trinajstić information content (AvgIpc) is 2.50. The van der Waals surface area contributed by atoms with E-state index in [1.54, 1.807) is 11.9 Å². The van der Waals surface area contributed by atoms with Crippen molar-refractivity contribution < 1.29 is 14.3 Å². The van der Waals surface area contributed by atoms with E-state index in [-0.39, 0.29) is 11.9 Å². The lowest BCUT2D eigenvalue weighted by Gasteiger charge is -2.36. The van der Waals surface area contributed by atoms with Gasteiger partial charge in [0.15, 0.2) is 6.04 Å². The Morgan fingerprint density at radius 3 is 2.70 bits per heavy atom. The van der Waals surface area contributed by atoms with Crippen LogP contribution < -0.4 is 5.32 Å². The molecule has 1 fully saturated rings. The van der Waals surface area contributed by atoms with Crippen LogP contribution in [-0.4, -0.2) is 43.5 Å². The predicted molar refractivity (Wildman–Crippen MR) is 75.0 cm³/mol. The minimum absolute atomic E-state index is 0.0435. The summed E-state index contributed by atoms with van der Waals surface area (Å²) < 4.78 is 4.88. The summed E-state index contributed by atoms with van der Waals surface area (Å²) in [6, 6.07) is 8.40. The molecule has 5 nitrogen and oxygen atoms in total. The lowest BCUT2D eigenvalue weighted by Crippen LogP contribution is -2.52. The van der Waals surface area contributed by atoms with Gasteiger partial charge in [0.2, 0.25) is 5.91 Å². The Kier molecular flexibility index (Phi) is 4.74. The molecule has 0 spiro atoms. The van der Waals surface area contributed by atoms with Gasteiger partial charge in [-0.2, -0.15) is 0 Å². The van der Waals surface area contributed by atoms with E-state index in [0.29, 0.717) is 6.54 Å². The predicted octanol–water partition coefficient (Wildman–Crippen LogP) is 1.11. The maximum Gasteiger partial charge on any atom is 0.333 e. The Labute approximate surface area is 118 Å². The topological polar surface area (TPSA) is 58.6 Å². The van der Waals surface area contributed by atoms with Gasteiger partial charge in [0.25, 0.3) is 0 Å². The molecule has 2 rings (SSSR count). The summed E-state index contributed by atoms with van der Waals surface area (Å²) in [5.74, 6) is -0.445. The highest BCUT2D eigenvalue weighted by atomic mass is 16.5. The molecule has 2 unspecified atom stereocenters. The van der Waals surface area contributed by atoms with Gasteiger partial charge in [-0.1, -0.05) is 30.3 Å². The van der Waals surface area contributed by atoms with Gasteiger partial charge in [0, 0.05) is 6.54 Å². The summed E-state index contributed by atoms with van der Waals surface area (Å²) in [4.78, 5) is 26.2. The fraction of sp³-hybridized carbons (Fsp3) is 0.467. The number of ether oxygens (including phenoxy) is 1. The van der Waals surface area contributed by atoms with Crippen LogP contribution in [-0.2, 0) is 14.3 Å². The Balaban J connectivity index is 2.32. The molecule has 5 heteroatoms. The van der Waals surface area contributed by atoms with Crippen molar-refractivity contribution in [2.24, 2.45) is 0 Å². The Bertz CT molecular complexity index is 475. The number of hydrogen-bond donors (Lipinski definition) is 1. The van der Waals surface area contributed by atoms with Crippen LogP contribution in [0.1, 0.15) is 24.4 Å². The van der Waals surface area contributed by atoms with Crippen molar-refractivity contribution >= 4 is 11.9 Å². The fourth-order valence-corrected chi connectivity index (χ4v) is 2.61. The van der Waals surface area contributed by atoms with E-state index in [0.717, 1.165) is 18.4 Å². The molecule has 1 N–H and O–H groups in total. The highest BCUT2D eigenvalue weighted by Crippen LogP contribution is 2.26. The van der Waals surface area contributed by atoms with E-state index in [2.05, 4.69) is 5.32 Å². The number of esters is 1. The van der Waals surface area contributed by atoms with Crippen LogP contribution in [0.25, 0.3) is 0 Å². The standard InChI is InChI=1S/C15H20N2O3/c1-16-12-9-6-10-17(14(12)18)13(15(19)20-2)11-7-4-3-5-8-11/h3-5,7-8,12-13,16H,6,9-10H2,1-2H3. The zero-order valence-corrected chi connectivity index (χ0v) is 11.8. The number of benzene rings is 1. The zero-order chi connectivity index (χ0) is 14.5. The summed E-state index contributed by atoms with van der Waals surface area (Å²) in [6.07, 6.45) is 1.67. The van der Waals surface area contributed by atoms with E-state index in [1.165, 1.54) is 7.11 Å². The third-order valence-corrected chi connectivity index (χ3v) is 3.67. The number of carbonyl (C=O) groups is 2. The van der Waals surface area contributed by atoms with E-state index in [1.807, 2.05) is 30.3 Å². The molecule has 108 valence electrons. The number of methoxy groups -OCH3 is 1. The molecule has 1 aromatic rings. The van der Waals surface area contributed by atoms with Crippen molar-refractivity contribution in [3.8, 4) is 0 Å². The molecule has 1 aliphatic heterocycles. The van der Waals surface area contributed by atoms with Gasteiger partial charge in [0.05, 0.1) is 13.2 Å². The van der Waals surface area contributed by atoms with Crippen molar-refractivity contribution in [3.63, 3.8) is 0 Å². The number of nitrogens with one attached hydrogen (secondary N) is 1. The fourth-order valence-electron chi connectivity index (χ4n) is 2.61. The molecule has 1 amide bonds. The number of likely N-dealkylation sites (N-methyl/N-ethyl adjacent to an activating group) is 1. The smallest absolute Gasteiger partial charge is 0.333 e. The van der Waals surface area contributed by atoms with E-state index in [9.17, 15) is 9.59 Å². The summed E-state index contributed by atoms with van der Waals surface area (Å²) in [5.41, 5.74) is 0.782. The minimum atomic E-state index is -0.662. The number of hydrogen-bond acceptors (Lipinski definition) is 4. The minimum Gasteiger partial charge on any atom is -0.467 e. The van der Waals surface area contributed by atoms with Gasteiger partial charge in [-0.3, -0.25) is 4.79 Å². The molecule has 1 saturated heterocycles. The first-order chi connectivity index (χ1) is 9.69. The van der Waals surface area contributed by atoms with Gasteiger partial charge in [-0.25, -0.2) is 4.79 Å². The second-order valence-corrected chi connectivity index (χ2v) is 4.85. The number of amides is 1. The number of likely N-dealkylation sites (tertiary alicyclic amines) is 1. The second kappa shape index (κ2) is 6.52. The SMILES string of the molecule is CNC1CCCN(C(C(=O)OC)c2ccccc2)C1=O. The monoisotopic (exact) mass is 276 g/mol. The van der Waals surface area contributed by atoms with Crippen molar-refractivity contribution in [1.29, 1.82) is 0 Å². The highest BCUT2D eigenvalue weighted by Gasteiger charge is 2.37. The largest absolute Gasteiger partial charge is 0.467 e. The van der Waals surface area contributed by atoms with Crippen LogP contribution in [0.4, 0.5) is 0 Å². The van der Waals surface area contributed by atoms with Crippen molar-refractivity contribution in [3.05, 3.63) is 35.9 Å². The average molecular weight is 276 g/mol. The first-order valence-corrected chi connectivity index (χ1v) is 6.79. The van der Waals surface area contributed by atoms with Gasteiger partial charge in [-0.15, -0.1) is 0 Å². The summed E-state index contributed by atoms with van der Waals surface area (Å²) in [7, 11) is 3.12. The molecule has 0 radical (unpaired) electrons. The molecule has 2 atom stereocenters. The van der Waals surface area contributed by atoms with Crippen LogP contribution in [0.2, 0.25) is 0 Å². The lowest BCUT2D eigenvalue weighted by atomic mass is 9.98. The molecule has 1 aromatic carbocycles. The molecule has 0 aliphatic carbocycles. The maximum absolute atomic E-state index is 12.4. The number of nitrogens with zero attached hydrogens (tertiary/aromatic N) is 1. The number of piperidine rings is 1. The first-order valence-electron chi connectivity index (χ1n) is 6.79. The lowest BCUT2D eigenvalue weighted by molar-refractivity contribution is -0.155. The molecule has 0 saturated carbocycles. The van der Waals surface area contributed by atoms with Crippen LogP contribution in [0, 0.1) is 0 Å². The van der Waals surface area contributed by atoms with Gasteiger partial charge in [0.1, 0.15) is 0 Å². The molecular weight excluding hydrogens is 256 g/mol. The van der Waals surface area contributed by atoms with Gasteiger partial charge < -0.3 is 15.0 Å². The Morgan fingerprint density at radius 1 is 1.40 bits per heavy atom. The van der Waals surface area contributed by atoms with Gasteiger partial charge >= 0.3 is 5.97 Å².